The highest BCUT2D eigenvalue weighted by Crippen LogP contribution is 2.17. The molecule has 0 aliphatic carbocycles. The summed E-state index contributed by atoms with van der Waals surface area (Å²) in [5.74, 6) is -0.632. The van der Waals surface area contributed by atoms with Crippen LogP contribution in [0.1, 0.15) is 19.8 Å². The van der Waals surface area contributed by atoms with Gasteiger partial charge in [0.15, 0.2) is 0 Å². The Labute approximate surface area is 77.1 Å². The molecule has 0 aromatic carbocycles. The van der Waals surface area contributed by atoms with E-state index in [2.05, 4.69) is 0 Å². The van der Waals surface area contributed by atoms with Crippen LogP contribution in [0.2, 0.25) is 0 Å². The van der Waals surface area contributed by atoms with Crippen LogP contribution in [0.25, 0.3) is 0 Å². The molecule has 2 atom stereocenters. The van der Waals surface area contributed by atoms with Crippen molar-refractivity contribution in [3.05, 3.63) is 0 Å². The first-order valence-electron chi connectivity index (χ1n) is 4.39. The molecular formula is C8H15N3O2. The number of primary amides is 1. The molecule has 0 aromatic rings. The van der Waals surface area contributed by atoms with Crippen LogP contribution < -0.4 is 11.5 Å². The summed E-state index contributed by atoms with van der Waals surface area (Å²) in [5, 5.41) is 0. The maximum Gasteiger partial charge on any atom is 0.240 e. The van der Waals surface area contributed by atoms with E-state index in [1.165, 1.54) is 4.90 Å². The van der Waals surface area contributed by atoms with E-state index >= 15 is 0 Å². The van der Waals surface area contributed by atoms with Crippen molar-refractivity contribution in [2.45, 2.75) is 31.8 Å². The summed E-state index contributed by atoms with van der Waals surface area (Å²) < 4.78 is 0. The first kappa shape index (κ1) is 9.98. The maximum atomic E-state index is 11.5. The zero-order valence-electron chi connectivity index (χ0n) is 7.69. The van der Waals surface area contributed by atoms with Crippen LogP contribution in [0.3, 0.4) is 0 Å². The van der Waals surface area contributed by atoms with Gasteiger partial charge in [-0.3, -0.25) is 9.59 Å². The molecule has 5 heteroatoms. The lowest BCUT2D eigenvalue weighted by atomic mass is 10.2. The second kappa shape index (κ2) is 3.74. The fourth-order valence-electron chi connectivity index (χ4n) is 1.59. The van der Waals surface area contributed by atoms with Crippen LogP contribution >= 0.6 is 0 Å². The molecule has 0 unspecified atom stereocenters. The minimum atomic E-state index is -0.556. The fourth-order valence-corrected chi connectivity index (χ4v) is 1.59. The zero-order valence-corrected chi connectivity index (χ0v) is 7.69. The molecule has 1 aliphatic rings. The average molecular weight is 185 g/mol. The lowest BCUT2D eigenvalue weighted by Crippen LogP contribution is -2.49. The van der Waals surface area contributed by atoms with E-state index in [-0.39, 0.29) is 5.91 Å². The molecular weight excluding hydrogens is 170 g/mol. The van der Waals surface area contributed by atoms with Gasteiger partial charge < -0.3 is 16.4 Å². The molecule has 0 aromatic heterocycles. The van der Waals surface area contributed by atoms with E-state index < -0.39 is 18.0 Å². The largest absolute Gasteiger partial charge is 0.368 e. The molecule has 0 spiro atoms. The predicted octanol–water partition coefficient (Wildman–Crippen LogP) is -1.19. The summed E-state index contributed by atoms with van der Waals surface area (Å²) in [7, 11) is 0. The Morgan fingerprint density at radius 2 is 2.15 bits per heavy atom. The van der Waals surface area contributed by atoms with Crippen LogP contribution in [0, 0.1) is 0 Å². The number of hydrogen-bond donors (Lipinski definition) is 2. The average Bonchev–Trinajstić information content (AvgIpc) is 2.50. The summed E-state index contributed by atoms with van der Waals surface area (Å²) >= 11 is 0. The van der Waals surface area contributed by atoms with Gasteiger partial charge in [0.25, 0.3) is 0 Å². The number of nitrogens with two attached hydrogens (primary N) is 2. The van der Waals surface area contributed by atoms with Gasteiger partial charge in [0.1, 0.15) is 6.04 Å². The molecule has 1 rings (SSSR count). The maximum absolute atomic E-state index is 11.5. The number of likely N-dealkylation sites (tertiary alicyclic amines) is 1. The molecule has 13 heavy (non-hydrogen) atoms. The lowest BCUT2D eigenvalue weighted by Gasteiger charge is -2.23. The van der Waals surface area contributed by atoms with Gasteiger partial charge in [-0.2, -0.15) is 0 Å². The first-order valence-corrected chi connectivity index (χ1v) is 4.39. The van der Waals surface area contributed by atoms with Gasteiger partial charge in [-0.05, 0) is 19.8 Å². The van der Waals surface area contributed by atoms with Gasteiger partial charge in [0, 0.05) is 6.54 Å². The fraction of sp³-hybridized carbons (Fsp3) is 0.750. The Kier molecular flexibility index (Phi) is 2.87. The summed E-state index contributed by atoms with van der Waals surface area (Å²) in [6.45, 7) is 2.20. The normalized spacial score (nSPS) is 24.5. The summed E-state index contributed by atoms with van der Waals surface area (Å²) in [4.78, 5) is 23.9. The minimum absolute atomic E-state index is 0.193. The molecule has 0 bridgehead atoms. The highest BCUT2D eigenvalue weighted by Gasteiger charge is 2.33. The molecule has 4 N–H and O–H groups in total. The van der Waals surface area contributed by atoms with Crippen molar-refractivity contribution in [2.75, 3.05) is 6.54 Å². The molecule has 5 nitrogen and oxygen atoms in total. The van der Waals surface area contributed by atoms with Crippen molar-refractivity contribution in [1.82, 2.24) is 4.90 Å². The number of carbonyl (C=O) groups is 2. The third kappa shape index (κ3) is 1.98. The third-order valence-electron chi connectivity index (χ3n) is 2.25. The topological polar surface area (TPSA) is 89.4 Å². The number of carbonyl (C=O) groups excluding carboxylic acids is 2. The second-order valence-corrected chi connectivity index (χ2v) is 3.38. The van der Waals surface area contributed by atoms with Gasteiger partial charge in [-0.25, -0.2) is 0 Å². The first-order chi connectivity index (χ1) is 6.04. The Hall–Kier alpha value is -1.10. The molecule has 0 radical (unpaired) electrons. The highest BCUT2D eigenvalue weighted by atomic mass is 16.2. The van der Waals surface area contributed by atoms with Crippen molar-refractivity contribution >= 4 is 11.8 Å². The van der Waals surface area contributed by atoms with Crippen LogP contribution in [-0.4, -0.2) is 35.3 Å². The minimum Gasteiger partial charge on any atom is -0.368 e. The molecule has 1 saturated heterocycles. The van der Waals surface area contributed by atoms with E-state index in [4.69, 9.17) is 11.5 Å². The summed E-state index contributed by atoms with van der Waals surface area (Å²) in [6.07, 6.45) is 1.49. The SMILES string of the molecule is C[C@@H](N)C(=O)N1CCC[C@H]1C(N)=O. The van der Waals surface area contributed by atoms with Crippen LogP contribution in [0.15, 0.2) is 0 Å². The van der Waals surface area contributed by atoms with Crippen LogP contribution in [0.4, 0.5) is 0 Å². The van der Waals surface area contributed by atoms with Gasteiger partial charge in [-0.15, -0.1) is 0 Å². The quantitative estimate of drug-likeness (QED) is 0.567. The number of rotatable bonds is 2. The Bertz CT molecular complexity index is 227. The van der Waals surface area contributed by atoms with E-state index in [9.17, 15) is 9.59 Å². The monoisotopic (exact) mass is 185 g/mol. The standard InChI is InChI=1S/C8H15N3O2/c1-5(9)8(13)11-4-2-3-6(11)7(10)12/h5-6H,2-4,9H2,1H3,(H2,10,12)/t5-,6+/m1/s1. The summed E-state index contributed by atoms with van der Waals surface area (Å²) in [5.41, 5.74) is 10.6. The van der Waals surface area contributed by atoms with Gasteiger partial charge in [-0.1, -0.05) is 0 Å². The van der Waals surface area contributed by atoms with Crippen molar-refractivity contribution in [3.63, 3.8) is 0 Å². The second-order valence-electron chi connectivity index (χ2n) is 3.38. The molecule has 0 saturated carbocycles. The van der Waals surface area contributed by atoms with Gasteiger partial charge in [0.05, 0.1) is 6.04 Å². The smallest absolute Gasteiger partial charge is 0.240 e. The van der Waals surface area contributed by atoms with Crippen LogP contribution in [0.5, 0.6) is 0 Å². The molecule has 2 amide bonds. The zero-order chi connectivity index (χ0) is 10.0. The molecule has 1 aliphatic heterocycles. The Morgan fingerprint density at radius 1 is 1.54 bits per heavy atom. The third-order valence-corrected chi connectivity index (χ3v) is 2.25. The number of nitrogens with zero attached hydrogens (tertiary/aromatic N) is 1. The lowest BCUT2D eigenvalue weighted by molar-refractivity contribution is -0.138. The summed E-state index contributed by atoms with van der Waals surface area (Å²) in [6, 6.07) is -1.00. The van der Waals surface area contributed by atoms with Gasteiger partial charge in [0.2, 0.25) is 11.8 Å². The van der Waals surface area contributed by atoms with Crippen molar-refractivity contribution in [2.24, 2.45) is 11.5 Å². The molecule has 1 fully saturated rings. The molecule has 1 heterocycles. The van der Waals surface area contributed by atoms with Crippen molar-refractivity contribution in [1.29, 1.82) is 0 Å². The number of amides is 2. The molecule has 74 valence electrons. The van der Waals surface area contributed by atoms with Crippen LogP contribution in [-0.2, 0) is 9.59 Å². The van der Waals surface area contributed by atoms with E-state index in [0.29, 0.717) is 13.0 Å². The van der Waals surface area contributed by atoms with Gasteiger partial charge >= 0.3 is 0 Å². The number of hydrogen-bond acceptors (Lipinski definition) is 3. The predicted molar refractivity (Wildman–Crippen MR) is 47.6 cm³/mol. The van der Waals surface area contributed by atoms with Crippen molar-refractivity contribution in [3.8, 4) is 0 Å². The Balaban J connectivity index is 2.68. The van der Waals surface area contributed by atoms with E-state index in [1.54, 1.807) is 6.92 Å². The highest BCUT2D eigenvalue weighted by molar-refractivity contribution is 5.89. The Morgan fingerprint density at radius 3 is 2.62 bits per heavy atom. The van der Waals surface area contributed by atoms with Crippen molar-refractivity contribution < 1.29 is 9.59 Å². The van der Waals surface area contributed by atoms with E-state index in [0.717, 1.165) is 6.42 Å². The van der Waals surface area contributed by atoms with E-state index in [1.807, 2.05) is 0 Å².